The summed E-state index contributed by atoms with van der Waals surface area (Å²) in [6.45, 7) is 3.84. The predicted octanol–water partition coefficient (Wildman–Crippen LogP) is 1.07. The summed E-state index contributed by atoms with van der Waals surface area (Å²) in [5, 5.41) is 3.17. The fraction of sp³-hybridized carbons (Fsp3) is 0.400. The zero-order valence-corrected chi connectivity index (χ0v) is 8.45. The second-order valence-electron chi connectivity index (χ2n) is 3.40. The Labute approximate surface area is 83.5 Å². The van der Waals surface area contributed by atoms with E-state index < -0.39 is 0 Å². The molecule has 4 heteroatoms. The molecule has 0 spiro atoms. The fourth-order valence-electron chi connectivity index (χ4n) is 1.27. The van der Waals surface area contributed by atoms with Gasteiger partial charge in [-0.25, -0.2) is 0 Å². The molecular formula is C10H15N3O. The third-order valence-corrected chi connectivity index (χ3v) is 1.82. The highest BCUT2D eigenvalue weighted by Gasteiger charge is 2.05. The van der Waals surface area contributed by atoms with Gasteiger partial charge >= 0.3 is 0 Å². The van der Waals surface area contributed by atoms with Crippen molar-refractivity contribution in [2.45, 2.75) is 26.3 Å². The van der Waals surface area contributed by atoms with E-state index in [0.29, 0.717) is 6.42 Å². The Morgan fingerprint density at radius 1 is 1.71 bits per heavy atom. The van der Waals surface area contributed by atoms with Gasteiger partial charge in [0.05, 0.1) is 0 Å². The van der Waals surface area contributed by atoms with Crippen LogP contribution in [0.3, 0.4) is 0 Å². The number of rotatable bonds is 4. The first-order chi connectivity index (χ1) is 6.58. The molecule has 0 saturated carbocycles. The highest BCUT2D eigenvalue weighted by Crippen LogP contribution is 2.09. The number of anilines is 1. The average Bonchev–Trinajstić information content (AvgIpc) is 2.01. The topological polar surface area (TPSA) is 68.0 Å². The molecular weight excluding hydrogens is 178 g/mol. The Hall–Kier alpha value is -1.58. The molecule has 0 fully saturated rings. The number of hydrogen-bond acceptors (Lipinski definition) is 3. The molecule has 0 bridgehead atoms. The van der Waals surface area contributed by atoms with Crippen molar-refractivity contribution in [2.24, 2.45) is 5.73 Å². The first kappa shape index (κ1) is 10.5. The van der Waals surface area contributed by atoms with Crippen molar-refractivity contribution >= 4 is 11.6 Å². The molecule has 76 valence electrons. The highest BCUT2D eigenvalue weighted by molar-refractivity contribution is 5.74. The van der Waals surface area contributed by atoms with Gasteiger partial charge in [0.2, 0.25) is 5.91 Å². The van der Waals surface area contributed by atoms with Crippen molar-refractivity contribution in [2.75, 3.05) is 5.32 Å². The molecule has 0 radical (unpaired) electrons. The third-order valence-electron chi connectivity index (χ3n) is 1.82. The molecule has 1 rings (SSSR count). The molecule has 1 atom stereocenters. The molecule has 14 heavy (non-hydrogen) atoms. The van der Waals surface area contributed by atoms with E-state index in [9.17, 15) is 4.79 Å². The fourth-order valence-corrected chi connectivity index (χ4v) is 1.27. The summed E-state index contributed by atoms with van der Waals surface area (Å²) in [5.41, 5.74) is 7.00. The Balaban J connectivity index is 2.55. The largest absolute Gasteiger partial charge is 0.382 e. The van der Waals surface area contributed by atoms with E-state index in [-0.39, 0.29) is 11.9 Å². The van der Waals surface area contributed by atoms with Gasteiger partial charge in [0.1, 0.15) is 0 Å². The van der Waals surface area contributed by atoms with Crippen molar-refractivity contribution in [1.29, 1.82) is 0 Å². The summed E-state index contributed by atoms with van der Waals surface area (Å²) in [6, 6.07) is 3.84. The van der Waals surface area contributed by atoms with Crippen LogP contribution in [0.5, 0.6) is 0 Å². The zero-order valence-electron chi connectivity index (χ0n) is 8.45. The van der Waals surface area contributed by atoms with Crippen LogP contribution < -0.4 is 11.1 Å². The monoisotopic (exact) mass is 193 g/mol. The number of nitrogens with zero attached hydrogens (tertiary/aromatic N) is 1. The molecule has 0 aliphatic heterocycles. The lowest BCUT2D eigenvalue weighted by Gasteiger charge is -2.13. The van der Waals surface area contributed by atoms with Crippen LogP contribution in [0, 0.1) is 6.92 Å². The lowest BCUT2D eigenvalue weighted by Crippen LogP contribution is -2.23. The second kappa shape index (κ2) is 4.60. The number of amides is 1. The van der Waals surface area contributed by atoms with Gasteiger partial charge in [-0.15, -0.1) is 0 Å². The summed E-state index contributed by atoms with van der Waals surface area (Å²) < 4.78 is 0. The average molecular weight is 193 g/mol. The summed E-state index contributed by atoms with van der Waals surface area (Å²) in [7, 11) is 0. The van der Waals surface area contributed by atoms with E-state index in [1.165, 1.54) is 0 Å². The number of primary amides is 1. The first-order valence-corrected chi connectivity index (χ1v) is 4.55. The van der Waals surface area contributed by atoms with Crippen LogP contribution >= 0.6 is 0 Å². The van der Waals surface area contributed by atoms with Crippen LogP contribution in [0.15, 0.2) is 18.3 Å². The van der Waals surface area contributed by atoms with Gasteiger partial charge < -0.3 is 11.1 Å². The number of nitrogens with one attached hydrogen (secondary N) is 1. The Morgan fingerprint density at radius 3 is 3.00 bits per heavy atom. The number of aromatic nitrogens is 1. The first-order valence-electron chi connectivity index (χ1n) is 4.55. The Morgan fingerprint density at radius 2 is 2.43 bits per heavy atom. The van der Waals surface area contributed by atoms with E-state index in [1.54, 1.807) is 6.20 Å². The van der Waals surface area contributed by atoms with Crippen molar-refractivity contribution in [3.63, 3.8) is 0 Å². The van der Waals surface area contributed by atoms with Crippen LogP contribution in [0.4, 0.5) is 5.69 Å². The van der Waals surface area contributed by atoms with Crippen molar-refractivity contribution in [3.8, 4) is 0 Å². The number of carbonyl (C=O) groups is 1. The lowest BCUT2D eigenvalue weighted by atomic mass is 10.2. The molecule has 1 unspecified atom stereocenters. The summed E-state index contributed by atoms with van der Waals surface area (Å²) >= 11 is 0. The van der Waals surface area contributed by atoms with E-state index in [0.717, 1.165) is 11.4 Å². The maximum absolute atomic E-state index is 10.6. The van der Waals surface area contributed by atoms with Crippen molar-refractivity contribution in [3.05, 3.63) is 24.0 Å². The highest BCUT2D eigenvalue weighted by atomic mass is 16.1. The third kappa shape index (κ3) is 3.43. The molecule has 4 nitrogen and oxygen atoms in total. The minimum absolute atomic E-state index is 0.0503. The number of hydrogen-bond donors (Lipinski definition) is 2. The molecule has 0 saturated heterocycles. The number of aryl methyl sites for hydroxylation is 1. The molecule has 0 aromatic carbocycles. The van der Waals surface area contributed by atoms with Crippen LogP contribution in [-0.2, 0) is 4.79 Å². The summed E-state index contributed by atoms with van der Waals surface area (Å²) in [4.78, 5) is 14.7. The second-order valence-corrected chi connectivity index (χ2v) is 3.40. The maximum atomic E-state index is 10.6. The Kier molecular flexibility index (Phi) is 3.45. The zero-order chi connectivity index (χ0) is 10.6. The molecule has 1 amide bonds. The van der Waals surface area contributed by atoms with E-state index in [2.05, 4.69) is 10.3 Å². The van der Waals surface area contributed by atoms with Crippen LogP contribution in [0.2, 0.25) is 0 Å². The summed E-state index contributed by atoms with van der Waals surface area (Å²) in [5.74, 6) is -0.296. The van der Waals surface area contributed by atoms with Gasteiger partial charge in [-0.1, -0.05) is 0 Å². The van der Waals surface area contributed by atoms with Crippen LogP contribution in [-0.4, -0.2) is 16.9 Å². The summed E-state index contributed by atoms with van der Waals surface area (Å²) in [6.07, 6.45) is 2.07. The number of nitrogens with two attached hydrogens (primary N) is 1. The molecule has 0 aliphatic carbocycles. The van der Waals surface area contributed by atoms with Crippen molar-refractivity contribution in [1.82, 2.24) is 4.98 Å². The SMILES string of the molecule is Cc1cc(NC(C)CC(N)=O)ccn1. The van der Waals surface area contributed by atoms with E-state index in [4.69, 9.17) is 5.73 Å². The van der Waals surface area contributed by atoms with Crippen LogP contribution in [0.25, 0.3) is 0 Å². The smallest absolute Gasteiger partial charge is 0.219 e. The predicted molar refractivity (Wildman–Crippen MR) is 55.9 cm³/mol. The standard InChI is InChI=1S/C10H15N3O/c1-7-5-9(3-4-12-7)13-8(2)6-10(11)14/h3-5,8H,6H2,1-2H3,(H2,11,14)(H,12,13). The minimum atomic E-state index is -0.296. The van der Waals surface area contributed by atoms with Crippen LogP contribution in [0.1, 0.15) is 19.0 Å². The van der Waals surface area contributed by atoms with Gasteiger partial charge in [-0.05, 0) is 26.0 Å². The van der Waals surface area contributed by atoms with Crippen molar-refractivity contribution < 1.29 is 4.79 Å². The molecule has 1 aromatic rings. The maximum Gasteiger partial charge on any atom is 0.219 e. The van der Waals surface area contributed by atoms with Gasteiger partial charge in [0.15, 0.2) is 0 Å². The Bertz CT molecular complexity index is 325. The van der Waals surface area contributed by atoms with E-state index >= 15 is 0 Å². The van der Waals surface area contributed by atoms with Gasteiger partial charge in [-0.3, -0.25) is 9.78 Å². The number of carbonyl (C=O) groups excluding carboxylic acids is 1. The quantitative estimate of drug-likeness (QED) is 0.751. The normalized spacial score (nSPS) is 12.1. The number of pyridine rings is 1. The molecule has 0 aliphatic rings. The molecule has 1 aromatic heterocycles. The lowest BCUT2D eigenvalue weighted by molar-refractivity contribution is -0.118. The van der Waals surface area contributed by atoms with Gasteiger partial charge in [0, 0.05) is 30.0 Å². The van der Waals surface area contributed by atoms with Gasteiger partial charge in [-0.2, -0.15) is 0 Å². The van der Waals surface area contributed by atoms with E-state index in [1.807, 2.05) is 26.0 Å². The van der Waals surface area contributed by atoms with Gasteiger partial charge in [0.25, 0.3) is 0 Å². The minimum Gasteiger partial charge on any atom is -0.382 e. The molecule has 3 N–H and O–H groups in total. The molecule has 1 heterocycles.